The van der Waals surface area contributed by atoms with Crippen LogP contribution in [-0.4, -0.2) is 36.5 Å². The van der Waals surface area contributed by atoms with E-state index in [9.17, 15) is 0 Å². The van der Waals surface area contributed by atoms with Crippen molar-refractivity contribution >= 4 is 11.9 Å². The molecule has 0 aliphatic carbocycles. The lowest BCUT2D eigenvalue weighted by Gasteiger charge is -2.26. The fourth-order valence-corrected chi connectivity index (χ4v) is 3.36. The Balaban J connectivity index is 1.69. The van der Waals surface area contributed by atoms with Crippen LogP contribution in [0.2, 0.25) is 0 Å². The molecule has 112 valence electrons. The molecule has 22 heavy (non-hydrogen) atoms. The molecule has 2 aliphatic heterocycles. The van der Waals surface area contributed by atoms with Crippen LogP contribution in [0.1, 0.15) is 5.56 Å². The average molecular weight is 292 g/mol. The number of hydrogen-bond acceptors (Lipinski definition) is 3. The summed E-state index contributed by atoms with van der Waals surface area (Å²) < 4.78 is 5.24. The second-order valence-corrected chi connectivity index (χ2v) is 5.83. The number of rotatable bonds is 3. The van der Waals surface area contributed by atoms with Crippen molar-refractivity contribution in [1.82, 2.24) is 9.80 Å². The van der Waals surface area contributed by atoms with Crippen LogP contribution in [0.15, 0.2) is 48.5 Å². The summed E-state index contributed by atoms with van der Waals surface area (Å²) in [6.07, 6.45) is 2.33. The molecule has 0 bridgehead atoms. The highest BCUT2D eigenvalue weighted by Gasteiger charge is 2.26. The third kappa shape index (κ3) is 2.23. The van der Waals surface area contributed by atoms with E-state index in [2.05, 4.69) is 52.3 Å². The highest BCUT2D eigenvalue weighted by Crippen LogP contribution is 2.23. The molecule has 2 heterocycles. The van der Waals surface area contributed by atoms with Gasteiger partial charge in [-0.15, -0.1) is 0 Å². The van der Waals surface area contributed by atoms with Gasteiger partial charge in [0.1, 0.15) is 11.6 Å². The maximum atomic E-state index is 5.24. The van der Waals surface area contributed by atoms with E-state index in [1.807, 2.05) is 12.1 Å². The topological polar surface area (TPSA) is 15.7 Å². The number of ether oxygens (including phenoxy) is 1. The van der Waals surface area contributed by atoms with E-state index < -0.39 is 0 Å². The molecule has 3 nitrogen and oxygen atoms in total. The third-order valence-electron chi connectivity index (χ3n) is 4.50. The van der Waals surface area contributed by atoms with Gasteiger partial charge in [-0.2, -0.15) is 0 Å². The van der Waals surface area contributed by atoms with Crippen LogP contribution in [0.3, 0.4) is 0 Å². The minimum absolute atomic E-state index is 0.914. The van der Waals surface area contributed by atoms with Gasteiger partial charge in [-0.25, -0.2) is 0 Å². The fourth-order valence-electron chi connectivity index (χ4n) is 3.36. The lowest BCUT2D eigenvalue weighted by atomic mass is 10.1. The lowest BCUT2D eigenvalue weighted by Crippen LogP contribution is -2.40. The van der Waals surface area contributed by atoms with Crippen LogP contribution in [0, 0.1) is 0 Å². The number of benzene rings is 2. The summed E-state index contributed by atoms with van der Waals surface area (Å²) in [7, 11) is 1.71. The normalized spacial score (nSPS) is 16.1. The minimum Gasteiger partial charge on any atom is -0.497 e. The van der Waals surface area contributed by atoms with Gasteiger partial charge in [-0.3, -0.25) is 0 Å². The molecule has 2 aromatic rings. The first-order valence-electron chi connectivity index (χ1n) is 7.77. The highest BCUT2D eigenvalue weighted by atomic mass is 16.5. The standard InChI is InChI=1S/C19H20N2O/c1-22-17-8-6-15(7-9-17)14-21-13-12-20-11-10-16-4-2-3-5-18(16)19(20)21/h2-10H,11-14H2,1H3. The molecule has 0 spiro atoms. The Labute approximate surface area is 130 Å². The first-order valence-corrected chi connectivity index (χ1v) is 7.77. The zero-order chi connectivity index (χ0) is 14.9. The van der Waals surface area contributed by atoms with Crippen LogP contribution in [0.4, 0.5) is 0 Å². The highest BCUT2D eigenvalue weighted by molar-refractivity contribution is 5.51. The summed E-state index contributed by atoms with van der Waals surface area (Å²) in [5.74, 6) is 2.30. The first kappa shape index (κ1) is 13.3. The zero-order valence-corrected chi connectivity index (χ0v) is 12.8. The van der Waals surface area contributed by atoms with Gasteiger partial charge in [-0.05, 0) is 22.9 Å². The molecule has 0 atom stereocenters. The fraction of sp³-hybridized carbons (Fsp3) is 0.263. The second-order valence-electron chi connectivity index (χ2n) is 5.83. The monoisotopic (exact) mass is 292 g/mol. The summed E-state index contributed by atoms with van der Waals surface area (Å²) in [5.41, 5.74) is 1.32. The Kier molecular flexibility index (Phi) is 3.26. The van der Waals surface area contributed by atoms with Gasteiger partial charge in [0, 0.05) is 31.4 Å². The van der Waals surface area contributed by atoms with Gasteiger partial charge in [0.05, 0.1) is 7.11 Å². The van der Waals surface area contributed by atoms with E-state index >= 15 is 0 Å². The van der Waals surface area contributed by atoms with Crippen molar-refractivity contribution in [2.24, 2.45) is 0 Å². The number of hydrogen-bond donors (Lipinski definition) is 0. The molecule has 2 aliphatic rings. The zero-order valence-electron chi connectivity index (χ0n) is 12.8. The Morgan fingerprint density at radius 2 is 1.82 bits per heavy atom. The largest absolute Gasteiger partial charge is 0.497 e. The molecule has 1 fully saturated rings. The molecule has 1 saturated heterocycles. The summed E-state index contributed by atoms with van der Waals surface area (Å²) in [5, 5.41) is 2.72. The van der Waals surface area contributed by atoms with Crippen molar-refractivity contribution in [3.8, 4) is 5.75 Å². The SMILES string of the molecule is COc1ccc(CN2CCN3CC=c4ccccc4=C32)cc1. The maximum absolute atomic E-state index is 5.24. The van der Waals surface area contributed by atoms with E-state index in [0.717, 1.165) is 31.9 Å². The molecule has 0 N–H and O–H groups in total. The van der Waals surface area contributed by atoms with Crippen LogP contribution >= 0.6 is 0 Å². The number of nitrogens with zero attached hydrogens (tertiary/aromatic N) is 2. The average Bonchev–Trinajstić information content (AvgIpc) is 2.99. The van der Waals surface area contributed by atoms with Gasteiger partial charge in [0.2, 0.25) is 0 Å². The Morgan fingerprint density at radius 1 is 1.00 bits per heavy atom. The molecule has 3 heteroatoms. The molecule has 0 saturated carbocycles. The van der Waals surface area contributed by atoms with E-state index in [-0.39, 0.29) is 0 Å². The summed E-state index contributed by atoms with van der Waals surface area (Å²) in [6, 6.07) is 17.1. The van der Waals surface area contributed by atoms with Crippen molar-refractivity contribution in [2.75, 3.05) is 26.7 Å². The molecular weight excluding hydrogens is 272 g/mol. The van der Waals surface area contributed by atoms with Crippen molar-refractivity contribution in [3.63, 3.8) is 0 Å². The van der Waals surface area contributed by atoms with Gasteiger partial charge >= 0.3 is 0 Å². The molecule has 0 radical (unpaired) electrons. The van der Waals surface area contributed by atoms with Gasteiger partial charge in [0.15, 0.2) is 0 Å². The van der Waals surface area contributed by atoms with Crippen LogP contribution in [0.5, 0.6) is 5.75 Å². The Bertz CT molecular complexity index is 795. The van der Waals surface area contributed by atoms with Crippen molar-refractivity contribution in [1.29, 1.82) is 0 Å². The number of methoxy groups -OCH3 is 1. The third-order valence-corrected chi connectivity index (χ3v) is 4.50. The predicted molar refractivity (Wildman–Crippen MR) is 88.5 cm³/mol. The lowest BCUT2D eigenvalue weighted by molar-refractivity contribution is 0.411. The summed E-state index contributed by atoms with van der Waals surface area (Å²) in [4.78, 5) is 4.97. The van der Waals surface area contributed by atoms with E-state index in [1.165, 1.54) is 21.8 Å². The molecular formula is C19H20N2O. The molecule has 2 aromatic carbocycles. The van der Waals surface area contributed by atoms with Crippen LogP contribution in [-0.2, 0) is 6.54 Å². The predicted octanol–water partition coefficient (Wildman–Crippen LogP) is 1.37. The minimum atomic E-state index is 0.914. The van der Waals surface area contributed by atoms with Crippen LogP contribution in [0.25, 0.3) is 11.9 Å². The molecule has 4 rings (SSSR count). The summed E-state index contributed by atoms with van der Waals surface area (Å²) in [6.45, 7) is 4.16. The van der Waals surface area contributed by atoms with Crippen molar-refractivity contribution in [3.05, 3.63) is 64.5 Å². The maximum Gasteiger partial charge on any atom is 0.118 e. The van der Waals surface area contributed by atoms with E-state index in [4.69, 9.17) is 4.74 Å². The smallest absolute Gasteiger partial charge is 0.118 e. The second kappa shape index (κ2) is 5.41. The van der Waals surface area contributed by atoms with Gasteiger partial charge in [0.25, 0.3) is 0 Å². The quantitative estimate of drug-likeness (QED) is 0.850. The molecule has 0 unspecified atom stereocenters. The van der Waals surface area contributed by atoms with Gasteiger partial charge < -0.3 is 14.5 Å². The Hall–Kier alpha value is -2.42. The van der Waals surface area contributed by atoms with Gasteiger partial charge in [-0.1, -0.05) is 42.5 Å². The first-order chi connectivity index (χ1) is 10.8. The van der Waals surface area contributed by atoms with Crippen molar-refractivity contribution in [2.45, 2.75) is 6.54 Å². The Morgan fingerprint density at radius 3 is 2.64 bits per heavy atom. The summed E-state index contributed by atoms with van der Waals surface area (Å²) >= 11 is 0. The molecule has 0 aromatic heterocycles. The van der Waals surface area contributed by atoms with E-state index in [1.54, 1.807) is 7.11 Å². The van der Waals surface area contributed by atoms with E-state index in [0.29, 0.717) is 0 Å². The molecule has 0 amide bonds. The van der Waals surface area contributed by atoms with Crippen LogP contribution < -0.4 is 15.2 Å². The number of fused-ring (bicyclic) bond motifs is 2. The van der Waals surface area contributed by atoms with Crippen molar-refractivity contribution < 1.29 is 4.74 Å².